The van der Waals surface area contributed by atoms with E-state index >= 15 is 0 Å². The summed E-state index contributed by atoms with van der Waals surface area (Å²) in [5, 5.41) is 8.47. The molecule has 98 valence electrons. The number of aliphatic carboxylic acids is 1. The molecule has 1 amide bonds. The summed E-state index contributed by atoms with van der Waals surface area (Å²) in [6.45, 7) is 2.17. The van der Waals surface area contributed by atoms with E-state index in [4.69, 9.17) is 10.8 Å². The summed E-state index contributed by atoms with van der Waals surface area (Å²) in [6.07, 6.45) is 4.45. The van der Waals surface area contributed by atoms with Crippen LogP contribution in [0.25, 0.3) is 0 Å². The first-order valence-corrected chi connectivity index (χ1v) is 6.33. The fourth-order valence-electron chi connectivity index (χ4n) is 2.16. The highest BCUT2D eigenvalue weighted by atomic mass is 16.4. The Morgan fingerprint density at radius 3 is 2.65 bits per heavy atom. The van der Waals surface area contributed by atoms with Crippen molar-refractivity contribution < 1.29 is 14.7 Å². The van der Waals surface area contributed by atoms with Crippen LogP contribution in [0.1, 0.15) is 38.5 Å². The van der Waals surface area contributed by atoms with E-state index < -0.39 is 5.97 Å². The van der Waals surface area contributed by atoms with E-state index in [1.165, 1.54) is 0 Å². The molecular formula is C12H22N2O3. The lowest BCUT2D eigenvalue weighted by molar-refractivity contribution is -0.137. The molecular weight excluding hydrogens is 220 g/mol. The van der Waals surface area contributed by atoms with Crippen molar-refractivity contribution in [2.24, 2.45) is 11.7 Å². The lowest BCUT2D eigenvalue weighted by Gasteiger charge is -2.15. The minimum absolute atomic E-state index is 0.214. The Bertz CT molecular complexity index is 268. The Balaban J connectivity index is 2.03. The molecule has 17 heavy (non-hydrogen) atoms. The third-order valence-corrected chi connectivity index (χ3v) is 3.20. The van der Waals surface area contributed by atoms with Crippen LogP contribution in [-0.2, 0) is 9.59 Å². The van der Waals surface area contributed by atoms with E-state index in [-0.39, 0.29) is 12.3 Å². The third kappa shape index (κ3) is 5.17. The van der Waals surface area contributed by atoms with Gasteiger partial charge in [-0.3, -0.25) is 9.59 Å². The second kappa shape index (κ2) is 7.27. The van der Waals surface area contributed by atoms with Gasteiger partial charge in [-0.1, -0.05) is 12.8 Å². The molecule has 1 saturated heterocycles. The van der Waals surface area contributed by atoms with Gasteiger partial charge in [-0.25, -0.2) is 0 Å². The number of carboxylic acids is 1. The number of carbonyl (C=O) groups is 2. The van der Waals surface area contributed by atoms with Crippen LogP contribution in [0.4, 0.5) is 0 Å². The molecule has 0 bridgehead atoms. The quantitative estimate of drug-likeness (QED) is 0.617. The van der Waals surface area contributed by atoms with Crippen LogP contribution in [0.2, 0.25) is 0 Å². The van der Waals surface area contributed by atoms with Crippen LogP contribution in [0.3, 0.4) is 0 Å². The lowest BCUT2D eigenvalue weighted by atomic mass is 10.1. The molecule has 0 saturated carbocycles. The van der Waals surface area contributed by atoms with Gasteiger partial charge in [0.15, 0.2) is 0 Å². The largest absolute Gasteiger partial charge is 0.481 e. The van der Waals surface area contributed by atoms with E-state index in [1.54, 1.807) is 0 Å². The average molecular weight is 242 g/mol. The normalized spacial score (nSPS) is 19.9. The van der Waals surface area contributed by atoms with Gasteiger partial charge in [0.2, 0.25) is 5.91 Å². The molecule has 0 aromatic heterocycles. The number of likely N-dealkylation sites (tertiary alicyclic amines) is 1. The van der Waals surface area contributed by atoms with Gasteiger partial charge in [0, 0.05) is 25.9 Å². The summed E-state index contributed by atoms with van der Waals surface area (Å²) >= 11 is 0. The maximum atomic E-state index is 11.5. The third-order valence-electron chi connectivity index (χ3n) is 3.20. The Kier molecular flexibility index (Phi) is 5.97. The molecule has 0 aromatic rings. The average Bonchev–Trinajstić information content (AvgIpc) is 2.64. The molecule has 0 aromatic carbocycles. The number of hydrogen-bond acceptors (Lipinski definition) is 3. The SMILES string of the molecule is NCC1CC(=O)N(CCCCCCC(=O)O)C1. The molecule has 1 aliphatic rings. The number of amides is 1. The number of unbranched alkanes of at least 4 members (excludes halogenated alkanes) is 3. The van der Waals surface area contributed by atoms with E-state index in [9.17, 15) is 9.59 Å². The van der Waals surface area contributed by atoms with Crippen molar-refractivity contribution in [2.45, 2.75) is 38.5 Å². The van der Waals surface area contributed by atoms with Crippen molar-refractivity contribution >= 4 is 11.9 Å². The smallest absolute Gasteiger partial charge is 0.303 e. The summed E-state index contributed by atoms with van der Waals surface area (Å²) < 4.78 is 0. The monoisotopic (exact) mass is 242 g/mol. The molecule has 1 heterocycles. The van der Waals surface area contributed by atoms with Crippen LogP contribution in [0.5, 0.6) is 0 Å². The number of carboxylic acid groups (broad SMARTS) is 1. The zero-order chi connectivity index (χ0) is 12.7. The van der Waals surface area contributed by atoms with Crippen molar-refractivity contribution in [3.8, 4) is 0 Å². The molecule has 0 spiro atoms. The molecule has 1 atom stereocenters. The molecule has 0 radical (unpaired) electrons. The summed E-state index contributed by atoms with van der Waals surface area (Å²) in [6, 6.07) is 0. The minimum Gasteiger partial charge on any atom is -0.481 e. The van der Waals surface area contributed by atoms with Gasteiger partial charge in [-0.15, -0.1) is 0 Å². The predicted molar refractivity (Wildman–Crippen MR) is 64.5 cm³/mol. The highest BCUT2D eigenvalue weighted by Crippen LogP contribution is 2.17. The van der Waals surface area contributed by atoms with Gasteiger partial charge in [0.05, 0.1) is 0 Å². The van der Waals surface area contributed by atoms with Crippen molar-refractivity contribution in [3.05, 3.63) is 0 Å². The molecule has 1 rings (SSSR count). The molecule has 1 fully saturated rings. The van der Waals surface area contributed by atoms with E-state index in [1.807, 2.05) is 4.90 Å². The Morgan fingerprint density at radius 1 is 1.35 bits per heavy atom. The van der Waals surface area contributed by atoms with Crippen molar-refractivity contribution in [1.82, 2.24) is 4.90 Å². The first kappa shape index (κ1) is 14.0. The van der Waals surface area contributed by atoms with Gasteiger partial charge >= 0.3 is 5.97 Å². The van der Waals surface area contributed by atoms with Gasteiger partial charge in [0.25, 0.3) is 0 Å². The van der Waals surface area contributed by atoms with Crippen molar-refractivity contribution in [3.63, 3.8) is 0 Å². The zero-order valence-electron chi connectivity index (χ0n) is 10.2. The summed E-state index contributed by atoms with van der Waals surface area (Å²) in [5.41, 5.74) is 5.55. The summed E-state index contributed by atoms with van der Waals surface area (Å²) in [4.78, 5) is 23.7. The first-order valence-electron chi connectivity index (χ1n) is 6.33. The Hall–Kier alpha value is -1.10. The maximum Gasteiger partial charge on any atom is 0.303 e. The van der Waals surface area contributed by atoms with E-state index in [2.05, 4.69) is 0 Å². The van der Waals surface area contributed by atoms with Gasteiger partial charge in [-0.2, -0.15) is 0 Å². The molecule has 1 unspecified atom stereocenters. The molecule has 3 N–H and O–H groups in total. The Labute approximate surface area is 102 Å². The molecule has 1 aliphatic heterocycles. The van der Waals surface area contributed by atoms with E-state index in [0.29, 0.717) is 18.9 Å². The topological polar surface area (TPSA) is 83.6 Å². The molecule has 0 aliphatic carbocycles. The fourth-order valence-corrected chi connectivity index (χ4v) is 2.16. The van der Waals surface area contributed by atoms with Crippen molar-refractivity contribution in [1.29, 1.82) is 0 Å². The van der Waals surface area contributed by atoms with Crippen molar-refractivity contribution in [2.75, 3.05) is 19.6 Å². The zero-order valence-corrected chi connectivity index (χ0v) is 10.2. The fraction of sp³-hybridized carbons (Fsp3) is 0.833. The second-order valence-electron chi connectivity index (χ2n) is 4.70. The minimum atomic E-state index is -0.731. The summed E-state index contributed by atoms with van der Waals surface area (Å²) in [5.74, 6) is -0.189. The molecule has 5 nitrogen and oxygen atoms in total. The van der Waals surface area contributed by atoms with Crippen LogP contribution in [0, 0.1) is 5.92 Å². The number of nitrogens with two attached hydrogens (primary N) is 1. The van der Waals surface area contributed by atoms with Gasteiger partial charge < -0.3 is 15.7 Å². The predicted octanol–water partition coefficient (Wildman–Crippen LogP) is 0.829. The number of carbonyl (C=O) groups excluding carboxylic acids is 1. The van der Waals surface area contributed by atoms with E-state index in [0.717, 1.165) is 38.8 Å². The first-order chi connectivity index (χ1) is 8.13. The highest BCUT2D eigenvalue weighted by Gasteiger charge is 2.27. The molecule has 5 heteroatoms. The number of nitrogens with zero attached hydrogens (tertiary/aromatic N) is 1. The lowest BCUT2D eigenvalue weighted by Crippen LogP contribution is -2.27. The standard InChI is InChI=1S/C12H22N2O3/c13-8-10-7-11(15)14(9-10)6-4-2-1-3-5-12(16)17/h10H,1-9,13H2,(H,16,17). The summed E-state index contributed by atoms with van der Waals surface area (Å²) in [7, 11) is 0. The maximum absolute atomic E-state index is 11.5. The van der Waals surface area contributed by atoms with Gasteiger partial charge in [-0.05, 0) is 25.3 Å². The van der Waals surface area contributed by atoms with Crippen LogP contribution in [-0.4, -0.2) is 41.5 Å². The second-order valence-corrected chi connectivity index (χ2v) is 4.70. The number of hydrogen-bond donors (Lipinski definition) is 2. The van der Waals surface area contributed by atoms with Gasteiger partial charge in [0.1, 0.15) is 0 Å². The highest BCUT2D eigenvalue weighted by molar-refractivity contribution is 5.78. The Morgan fingerprint density at radius 2 is 2.06 bits per heavy atom. The van der Waals surface area contributed by atoms with Crippen LogP contribution < -0.4 is 5.73 Å². The number of rotatable bonds is 8. The van der Waals surface area contributed by atoms with Crippen LogP contribution in [0.15, 0.2) is 0 Å². The van der Waals surface area contributed by atoms with Crippen LogP contribution >= 0.6 is 0 Å².